The molecular weight excluding hydrogens is 352 g/mol. The van der Waals surface area contributed by atoms with E-state index in [2.05, 4.69) is 0 Å². The van der Waals surface area contributed by atoms with Crippen LogP contribution >= 0.6 is 23.4 Å². The number of halogens is 1. The quantitative estimate of drug-likeness (QED) is 0.452. The summed E-state index contributed by atoms with van der Waals surface area (Å²) in [4.78, 5) is 17.9. The van der Waals surface area contributed by atoms with Gasteiger partial charge in [-0.05, 0) is 42.7 Å². The first-order chi connectivity index (χ1) is 12.2. The van der Waals surface area contributed by atoms with Crippen LogP contribution in [0, 0.1) is 0 Å². The van der Waals surface area contributed by atoms with Gasteiger partial charge in [0.05, 0.1) is 10.9 Å². The van der Waals surface area contributed by atoms with E-state index in [-0.39, 0.29) is 11.6 Å². The smallest absolute Gasteiger partial charge is 0.262 e. The van der Waals surface area contributed by atoms with E-state index in [1.165, 1.54) is 18.4 Å². The molecule has 0 atom stereocenters. The predicted octanol–water partition coefficient (Wildman–Crippen LogP) is 5.46. The number of aromatic nitrogens is 2. The fourth-order valence-electron chi connectivity index (χ4n) is 3.44. The van der Waals surface area contributed by atoms with E-state index in [1.54, 1.807) is 11.8 Å². The molecule has 0 amide bonds. The van der Waals surface area contributed by atoms with Gasteiger partial charge in [0.1, 0.15) is 0 Å². The molecule has 1 aromatic heterocycles. The molecule has 0 unspecified atom stereocenters. The highest BCUT2D eigenvalue weighted by Gasteiger charge is 2.22. The van der Waals surface area contributed by atoms with Crippen molar-refractivity contribution in [2.24, 2.45) is 0 Å². The number of hydrogen-bond donors (Lipinski definition) is 0. The molecular formula is C20H19ClN2OS. The molecule has 5 heteroatoms. The van der Waals surface area contributed by atoms with Crippen LogP contribution in [0.15, 0.2) is 58.5 Å². The van der Waals surface area contributed by atoms with E-state index >= 15 is 0 Å². The van der Waals surface area contributed by atoms with Crippen molar-refractivity contribution in [3.63, 3.8) is 0 Å². The van der Waals surface area contributed by atoms with Gasteiger partial charge in [0.25, 0.3) is 5.56 Å². The Labute approximate surface area is 156 Å². The van der Waals surface area contributed by atoms with Crippen molar-refractivity contribution < 1.29 is 0 Å². The summed E-state index contributed by atoms with van der Waals surface area (Å²) >= 11 is 7.59. The van der Waals surface area contributed by atoms with Crippen LogP contribution in [-0.4, -0.2) is 9.55 Å². The lowest BCUT2D eigenvalue weighted by atomic mass is 10.2. The van der Waals surface area contributed by atoms with E-state index < -0.39 is 0 Å². The van der Waals surface area contributed by atoms with Crippen molar-refractivity contribution in [2.75, 3.05) is 0 Å². The summed E-state index contributed by atoms with van der Waals surface area (Å²) in [5.74, 6) is 0.772. The second-order valence-corrected chi connectivity index (χ2v) is 7.82. The van der Waals surface area contributed by atoms with Crippen molar-refractivity contribution in [1.29, 1.82) is 0 Å². The van der Waals surface area contributed by atoms with Crippen molar-refractivity contribution in [1.82, 2.24) is 9.55 Å². The van der Waals surface area contributed by atoms with E-state index in [0.29, 0.717) is 5.39 Å². The highest BCUT2D eigenvalue weighted by Crippen LogP contribution is 2.33. The van der Waals surface area contributed by atoms with Crippen LogP contribution in [0.4, 0.5) is 0 Å². The maximum absolute atomic E-state index is 13.1. The van der Waals surface area contributed by atoms with Crippen LogP contribution in [0.25, 0.3) is 10.9 Å². The molecule has 4 rings (SSSR count). The average molecular weight is 371 g/mol. The molecule has 1 aliphatic rings. The number of benzene rings is 2. The summed E-state index contributed by atoms with van der Waals surface area (Å²) in [6.07, 6.45) is 4.50. The van der Waals surface area contributed by atoms with Crippen molar-refractivity contribution in [3.05, 3.63) is 69.5 Å². The van der Waals surface area contributed by atoms with E-state index in [1.807, 2.05) is 53.1 Å². The summed E-state index contributed by atoms with van der Waals surface area (Å²) in [6, 6.07) is 15.8. The predicted molar refractivity (Wildman–Crippen MR) is 105 cm³/mol. The molecule has 0 N–H and O–H groups in total. The van der Waals surface area contributed by atoms with E-state index in [9.17, 15) is 4.79 Å². The summed E-state index contributed by atoms with van der Waals surface area (Å²) in [5.41, 5.74) is 2.05. The summed E-state index contributed by atoms with van der Waals surface area (Å²) < 4.78 is 1.94. The third-order valence-electron chi connectivity index (χ3n) is 4.75. The first kappa shape index (κ1) is 16.7. The monoisotopic (exact) mass is 370 g/mol. The minimum Gasteiger partial charge on any atom is -0.284 e. The molecule has 0 aliphatic heterocycles. The SMILES string of the molecule is O=c1c2ccccc2nc(SCc2ccc(Cl)cc2)n1C1CCCC1. The maximum Gasteiger partial charge on any atom is 0.262 e. The van der Waals surface area contributed by atoms with Crippen molar-refractivity contribution >= 4 is 34.3 Å². The zero-order valence-electron chi connectivity index (χ0n) is 13.8. The number of hydrogen-bond acceptors (Lipinski definition) is 3. The molecule has 1 heterocycles. The Morgan fingerprint density at radius 2 is 1.80 bits per heavy atom. The average Bonchev–Trinajstić information content (AvgIpc) is 3.15. The number of rotatable bonds is 4. The Balaban J connectivity index is 1.73. The zero-order chi connectivity index (χ0) is 17.2. The molecule has 128 valence electrons. The Hall–Kier alpha value is -1.78. The Kier molecular flexibility index (Phi) is 4.82. The van der Waals surface area contributed by atoms with Gasteiger partial charge in [0, 0.05) is 16.8 Å². The van der Waals surface area contributed by atoms with Crippen LogP contribution in [0.1, 0.15) is 37.3 Å². The molecule has 25 heavy (non-hydrogen) atoms. The first-order valence-electron chi connectivity index (χ1n) is 8.61. The van der Waals surface area contributed by atoms with Crippen LogP contribution in [0.2, 0.25) is 5.02 Å². The number of nitrogens with zero attached hydrogens (tertiary/aromatic N) is 2. The first-order valence-corrected chi connectivity index (χ1v) is 9.97. The molecule has 0 saturated heterocycles. The van der Waals surface area contributed by atoms with Gasteiger partial charge >= 0.3 is 0 Å². The normalized spacial score (nSPS) is 15.1. The van der Waals surface area contributed by atoms with Gasteiger partial charge in [0.2, 0.25) is 0 Å². The number of fused-ring (bicyclic) bond motifs is 1. The van der Waals surface area contributed by atoms with Gasteiger partial charge in [-0.25, -0.2) is 4.98 Å². The molecule has 1 saturated carbocycles. The fourth-order valence-corrected chi connectivity index (χ4v) is 4.59. The lowest BCUT2D eigenvalue weighted by Crippen LogP contribution is -2.26. The van der Waals surface area contributed by atoms with Crippen LogP contribution in [0.5, 0.6) is 0 Å². The van der Waals surface area contributed by atoms with Gasteiger partial charge < -0.3 is 0 Å². The molecule has 2 aromatic carbocycles. The summed E-state index contributed by atoms with van der Waals surface area (Å²) in [7, 11) is 0. The minimum atomic E-state index is 0.0936. The third-order valence-corrected chi connectivity index (χ3v) is 6.02. The summed E-state index contributed by atoms with van der Waals surface area (Å²) in [6.45, 7) is 0. The second kappa shape index (κ2) is 7.22. The van der Waals surface area contributed by atoms with Crippen LogP contribution in [-0.2, 0) is 5.75 Å². The highest BCUT2D eigenvalue weighted by atomic mass is 35.5. The lowest BCUT2D eigenvalue weighted by Gasteiger charge is -2.18. The minimum absolute atomic E-state index is 0.0936. The van der Waals surface area contributed by atoms with Gasteiger partial charge in [-0.3, -0.25) is 9.36 Å². The fraction of sp³-hybridized carbons (Fsp3) is 0.300. The van der Waals surface area contributed by atoms with Crippen LogP contribution < -0.4 is 5.56 Å². The van der Waals surface area contributed by atoms with Gasteiger partial charge in [0.15, 0.2) is 5.16 Å². The maximum atomic E-state index is 13.1. The summed E-state index contributed by atoms with van der Waals surface area (Å²) in [5, 5.41) is 2.27. The molecule has 0 bridgehead atoms. The Morgan fingerprint density at radius 3 is 2.56 bits per heavy atom. The van der Waals surface area contributed by atoms with Crippen LogP contribution in [0.3, 0.4) is 0 Å². The van der Waals surface area contributed by atoms with E-state index in [4.69, 9.17) is 16.6 Å². The topological polar surface area (TPSA) is 34.9 Å². The molecule has 0 spiro atoms. The number of para-hydroxylation sites is 1. The molecule has 0 radical (unpaired) electrons. The molecule has 3 nitrogen and oxygen atoms in total. The Bertz CT molecular complexity index is 946. The lowest BCUT2D eigenvalue weighted by molar-refractivity contribution is 0.457. The van der Waals surface area contributed by atoms with E-state index in [0.717, 1.165) is 34.3 Å². The van der Waals surface area contributed by atoms with Crippen molar-refractivity contribution in [3.8, 4) is 0 Å². The highest BCUT2D eigenvalue weighted by molar-refractivity contribution is 7.98. The second-order valence-electron chi connectivity index (χ2n) is 6.44. The molecule has 3 aromatic rings. The van der Waals surface area contributed by atoms with Gasteiger partial charge in [-0.2, -0.15) is 0 Å². The van der Waals surface area contributed by atoms with Gasteiger partial charge in [-0.15, -0.1) is 0 Å². The number of thioether (sulfide) groups is 1. The Morgan fingerprint density at radius 1 is 1.08 bits per heavy atom. The third kappa shape index (κ3) is 3.46. The van der Waals surface area contributed by atoms with Crippen molar-refractivity contribution in [2.45, 2.75) is 42.6 Å². The standard InChI is InChI=1S/C20H19ClN2OS/c21-15-11-9-14(10-12-15)13-25-20-22-18-8-4-3-7-17(18)19(24)23(20)16-5-1-2-6-16/h3-4,7-12,16H,1-2,5-6,13H2. The largest absolute Gasteiger partial charge is 0.284 e. The zero-order valence-corrected chi connectivity index (χ0v) is 15.4. The van der Waals surface area contributed by atoms with Gasteiger partial charge in [-0.1, -0.05) is 60.5 Å². The molecule has 1 fully saturated rings. The molecule has 1 aliphatic carbocycles.